The van der Waals surface area contributed by atoms with Crippen LogP contribution in [-0.2, 0) is 10.0 Å². The summed E-state index contributed by atoms with van der Waals surface area (Å²) in [6.07, 6.45) is 0. The molecule has 0 bridgehead atoms. The van der Waals surface area contributed by atoms with Crippen LogP contribution in [0, 0.1) is 0 Å². The van der Waals surface area contributed by atoms with Gasteiger partial charge in [-0.15, -0.1) is 0 Å². The van der Waals surface area contributed by atoms with E-state index in [4.69, 9.17) is 0 Å². The lowest BCUT2D eigenvalue weighted by molar-refractivity contribution is 0.102. The molecule has 0 aliphatic carbocycles. The van der Waals surface area contributed by atoms with Gasteiger partial charge in [0.25, 0.3) is 15.9 Å². The van der Waals surface area contributed by atoms with E-state index in [1.54, 1.807) is 66.7 Å². The SMILES string of the molecule is O=C(Nc1ccc(NS(=O)(=O)c2ccccc2)cc1)c1ccc(Br)cc1. The maximum atomic E-state index is 12.3. The number of carbonyl (C=O) groups excluding carboxylic acids is 1. The van der Waals surface area contributed by atoms with Crippen LogP contribution in [0.4, 0.5) is 11.4 Å². The summed E-state index contributed by atoms with van der Waals surface area (Å²) >= 11 is 3.32. The van der Waals surface area contributed by atoms with Crippen molar-refractivity contribution in [3.05, 3.63) is 88.9 Å². The molecule has 0 aliphatic rings. The summed E-state index contributed by atoms with van der Waals surface area (Å²) in [6, 6.07) is 21.6. The van der Waals surface area contributed by atoms with Crippen LogP contribution in [-0.4, -0.2) is 14.3 Å². The van der Waals surface area contributed by atoms with Gasteiger partial charge >= 0.3 is 0 Å². The summed E-state index contributed by atoms with van der Waals surface area (Å²) < 4.78 is 28.0. The van der Waals surface area contributed by atoms with E-state index in [-0.39, 0.29) is 10.8 Å². The Kier molecular flexibility index (Phi) is 5.39. The van der Waals surface area contributed by atoms with Gasteiger partial charge in [-0.25, -0.2) is 8.42 Å². The van der Waals surface area contributed by atoms with Crippen LogP contribution in [0.3, 0.4) is 0 Å². The lowest BCUT2D eigenvalue weighted by Gasteiger charge is -2.09. The van der Waals surface area contributed by atoms with Gasteiger partial charge in [-0.1, -0.05) is 34.1 Å². The molecule has 0 unspecified atom stereocenters. The summed E-state index contributed by atoms with van der Waals surface area (Å²) in [4.78, 5) is 12.4. The van der Waals surface area contributed by atoms with Crippen molar-refractivity contribution in [2.45, 2.75) is 4.90 Å². The van der Waals surface area contributed by atoms with Crippen LogP contribution in [0.15, 0.2) is 88.2 Å². The maximum absolute atomic E-state index is 12.3. The second-order valence-electron chi connectivity index (χ2n) is 5.46. The molecule has 0 radical (unpaired) electrons. The molecular weight excluding hydrogens is 416 g/mol. The molecule has 0 aliphatic heterocycles. The molecule has 0 spiro atoms. The van der Waals surface area contributed by atoms with Crippen LogP contribution < -0.4 is 10.0 Å². The quantitative estimate of drug-likeness (QED) is 0.625. The first kappa shape index (κ1) is 18.2. The van der Waals surface area contributed by atoms with Gasteiger partial charge in [0.1, 0.15) is 0 Å². The first-order valence-electron chi connectivity index (χ1n) is 7.69. The van der Waals surface area contributed by atoms with Crippen LogP contribution in [0.2, 0.25) is 0 Å². The second-order valence-corrected chi connectivity index (χ2v) is 8.05. The Balaban J connectivity index is 1.69. The van der Waals surface area contributed by atoms with E-state index in [9.17, 15) is 13.2 Å². The number of nitrogens with one attached hydrogen (secondary N) is 2. The number of halogens is 1. The molecule has 3 rings (SSSR count). The van der Waals surface area contributed by atoms with Gasteiger partial charge in [0.15, 0.2) is 0 Å². The normalized spacial score (nSPS) is 11.0. The summed E-state index contributed by atoms with van der Waals surface area (Å²) in [7, 11) is -3.64. The third-order valence-electron chi connectivity index (χ3n) is 3.55. The van der Waals surface area contributed by atoms with Crippen molar-refractivity contribution < 1.29 is 13.2 Å². The topological polar surface area (TPSA) is 75.3 Å². The Morgan fingerprint density at radius 2 is 1.35 bits per heavy atom. The minimum absolute atomic E-state index is 0.188. The van der Waals surface area contributed by atoms with Crippen LogP contribution in [0.5, 0.6) is 0 Å². The van der Waals surface area contributed by atoms with Crippen molar-refractivity contribution in [3.8, 4) is 0 Å². The lowest BCUT2D eigenvalue weighted by Crippen LogP contribution is -2.13. The van der Waals surface area contributed by atoms with Crippen molar-refractivity contribution in [2.24, 2.45) is 0 Å². The number of carbonyl (C=O) groups is 1. The monoisotopic (exact) mass is 430 g/mol. The Hall–Kier alpha value is -2.64. The molecule has 7 heteroatoms. The first-order chi connectivity index (χ1) is 12.4. The van der Waals surface area contributed by atoms with Gasteiger partial charge in [-0.3, -0.25) is 9.52 Å². The molecule has 0 aromatic heterocycles. The van der Waals surface area contributed by atoms with Crippen molar-refractivity contribution in [2.75, 3.05) is 10.0 Å². The van der Waals surface area contributed by atoms with Crippen LogP contribution in [0.1, 0.15) is 10.4 Å². The molecule has 0 fully saturated rings. The fourth-order valence-corrected chi connectivity index (χ4v) is 3.58. The highest BCUT2D eigenvalue weighted by Crippen LogP contribution is 2.19. The molecule has 1 amide bonds. The molecule has 5 nitrogen and oxygen atoms in total. The number of anilines is 2. The number of rotatable bonds is 5. The third kappa shape index (κ3) is 4.50. The van der Waals surface area contributed by atoms with E-state index in [1.807, 2.05) is 0 Å². The van der Waals surface area contributed by atoms with Gasteiger partial charge in [-0.05, 0) is 60.7 Å². The zero-order valence-corrected chi connectivity index (χ0v) is 15.9. The largest absolute Gasteiger partial charge is 0.322 e. The zero-order valence-electron chi connectivity index (χ0n) is 13.5. The van der Waals surface area contributed by atoms with E-state index in [0.717, 1.165) is 4.47 Å². The van der Waals surface area contributed by atoms with Crippen molar-refractivity contribution in [1.82, 2.24) is 0 Å². The lowest BCUT2D eigenvalue weighted by atomic mass is 10.2. The summed E-state index contributed by atoms with van der Waals surface area (Å²) in [5, 5.41) is 2.77. The van der Waals surface area contributed by atoms with Gasteiger partial charge < -0.3 is 5.32 Å². The molecule has 26 heavy (non-hydrogen) atoms. The molecule has 2 N–H and O–H groups in total. The summed E-state index contributed by atoms with van der Waals surface area (Å²) in [6.45, 7) is 0. The maximum Gasteiger partial charge on any atom is 0.261 e. The number of sulfonamides is 1. The molecule has 0 atom stereocenters. The van der Waals surface area contributed by atoms with E-state index < -0.39 is 10.0 Å². The van der Waals surface area contributed by atoms with Crippen molar-refractivity contribution in [3.63, 3.8) is 0 Å². The standard InChI is InChI=1S/C19H15BrN2O3S/c20-15-8-6-14(7-9-15)19(23)21-16-10-12-17(13-11-16)22-26(24,25)18-4-2-1-3-5-18/h1-13,22H,(H,21,23). The highest BCUT2D eigenvalue weighted by Gasteiger charge is 2.13. The average molecular weight is 431 g/mol. The molecule has 3 aromatic carbocycles. The Morgan fingerprint density at radius 1 is 0.769 bits per heavy atom. The second kappa shape index (κ2) is 7.72. The first-order valence-corrected chi connectivity index (χ1v) is 9.96. The van der Waals surface area contributed by atoms with Gasteiger partial charge in [0.05, 0.1) is 4.90 Å². The molecule has 0 heterocycles. The number of benzene rings is 3. The van der Waals surface area contributed by atoms with Gasteiger partial charge in [0.2, 0.25) is 0 Å². The number of hydrogen-bond donors (Lipinski definition) is 2. The predicted octanol–water partition coefficient (Wildman–Crippen LogP) is 4.50. The molecule has 0 saturated heterocycles. The molecule has 3 aromatic rings. The summed E-state index contributed by atoms with van der Waals surface area (Å²) in [5.41, 5.74) is 1.51. The van der Waals surface area contributed by atoms with Crippen molar-refractivity contribution >= 4 is 43.2 Å². The fourth-order valence-electron chi connectivity index (χ4n) is 2.24. The Bertz CT molecular complexity index is 1000. The van der Waals surface area contributed by atoms with Gasteiger partial charge in [-0.2, -0.15) is 0 Å². The molecular formula is C19H15BrN2O3S. The van der Waals surface area contributed by atoms with Gasteiger partial charge in [0, 0.05) is 21.4 Å². The van der Waals surface area contributed by atoms with Crippen LogP contribution in [0.25, 0.3) is 0 Å². The Labute approximate surface area is 160 Å². The number of amides is 1. The summed E-state index contributed by atoms with van der Waals surface area (Å²) in [5.74, 6) is -0.241. The minimum Gasteiger partial charge on any atom is -0.322 e. The van der Waals surface area contributed by atoms with E-state index in [1.165, 1.54) is 12.1 Å². The Morgan fingerprint density at radius 3 is 1.96 bits per heavy atom. The average Bonchev–Trinajstić information content (AvgIpc) is 2.64. The smallest absolute Gasteiger partial charge is 0.261 e. The highest BCUT2D eigenvalue weighted by atomic mass is 79.9. The fraction of sp³-hybridized carbons (Fsp3) is 0. The van der Waals surface area contributed by atoms with E-state index >= 15 is 0 Å². The predicted molar refractivity (Wildman–Crippen MR) is 106 cm³/mol. The molecule has 0 saturated carbocycles. The minimum atomic E-state index is -3.64. The van der Waals surface area contributed by atoms with E-state index in [0.29, 0.717) is 16.9 Å². The van der Waals surface area contributed by atoms with Crippen molar-refractivity contribution in [1.29, 1.82) is 0 Å². The molecule has 132 valence electrons. The van der Waals surface area contributed by atoms with Crippen LogP contribution >= 0.6 is 15.9 Å². The zero-order chi connectivity index (χ0) is 18.6. The van der Waals surface area contributed by atoms with E-state index in [2.05, 4.69) is 26.0 Å². The number of hydrogen-bond acceptors (Lipinski definition) is 3. The highest BCUT2D eigenvalue weighted by molar-refractivity contribution is 9.10. The third-order valence-corrected chi connectivity index (χ3v) is 5.48.